The maximum atomic E-state index is 11.6. The lowest BCUT2D eigenvalue weighted by Gasteiger charge is -2.50. The van der Waals surface area contributed by atoms with Crippen molar-refractivity contribution in [2.24, 2.45) is 27.5 Å². The maximum absolute atomic E-state index is 11.6. The van der Waals surface area contributed by atoms with E-state index in [1.54, 1.807) is 12.1 Å². The third-order valence-corrected chi connectivity index (χ3v) is 8.80. The van der Waals surface area contributed by atoms with Crippen molar-refractivity contribution >= 4 is 36.5 Å². The van der Waals surface area contributed by atoms with Crippen LogP contribution in [0.4, 0.5) is 0 Å². The van der Waals surface area contributed by atoms with E-state index in [1.165, 1.54) is 5.56 Å². The van der Waals surface area contributed by atoms with Crippen LogP contribution < -0.4 is 14.5 Å². The Balaban J connectivity index is 1.62. The minimum atomic E-state index is -4.05. The van der Waals surface area contributed by atoms with E-state index in [2.05, 4.69) is 22.9 Å². The monoisotopic (exact) mass is 508 g/mol. The molecule has 0 aliphatic heterocycles. The number of nitrogens with two attached hydrogens (primary N) is 2. The first-order chi connectivity index (χ1) is 13.4. The Morgan fingerprint density at radius 3 is 2.52 bits per heavy atom. The molecular weight excluding hydrogens is 484 g/mol. The molecule has 2 fully saturated rings. The number of benzene rings is 1. The van der Waals surface area contributed by atoms with Crippen LogP contribution in [-0.4, -0.2) is 27.8 Å². The Kier molecular flexibility index (Phi) is 5.31. The van der Waals surface area contributed by atoms with Gasteiger partial charge in [-0.3, -0.25) is 4.18 Å². The zero-order chi connectivity index (χ0) is 21.2. The van der Waals surface area contributed by atoms with Crippen LogP contribution in [0, 0.1) is 17.3 Å². The summed E-state index contributed by atoms with van der Waals surface area (Å²) in [6.07, 6.45) is 3.84. The van der Waals surface area contributed by atoms with Gasteiger partial charge in [-0.2, -0.15) is 22.0 Å². The summed E-state index contributed by atoms with van der Waals surface area (Å²) in [4.78, 5) is -0.0680. The SMILES string of the molecule is C[C@]12CC[C@@H]3c4ccc(OS(N)(=O)=O)cc4CC[C@H]3[C@@H]1C[C@@H](Br)[C@@H]2OS(N)(=O)=O. The Morgan fingerprint density at radius 2 is 1.86 bits per heavy atom. The van der Waals surface area contributed by atoms with E-state index in [0.29, 0.717) is 17.8 Å². The van der Waals surface area contributed by atoms with Crippen LogP contribution in [0.25, 0.3) is 0 Å². The first kappa shape index (κ1) is 21.5. The largest absolute Gasteiger partial charge is 0.380 e. The quantitative estimate of drug-likeness (QED) is 0.596. The van der Waals surface area contributed by atoms with Gasteiger partial charge in [-0.25, -0.2) is 5.14 Å². The van der Waals surface area contributed by atoms with Gasteiger partial charge in [0.15, 0.2) is 0 Å². The number of hydrogen-bond donors (Lipinski definition) is 2. The molecule has 8 nitrogen and oxygen atoms in total. The molecule has 3 aliphatic carbocycles. The van der Waals surface area contributed by atoms with Crippen molar-refractivity contribution < 1.29 is 25.2 Å². The molecule has 162 valence electrons. The molecule has 29 heavy (non-hydrogen) atoms. The molecule has 0 radical (unpaired) electrons. The lowest BCUT2D eigenvalue weighted by Crippen LogP contribution is -2.46. The Hall–Kier alpha value is -0.720. The summed E-state index contributed by atoms with van der Waals surface area (Å²) in [6.45, 7) is 2.11. The van der Waals surface area contributed by atoms with E-state index in [0.717, 1.165) is 37.7 Å². The third-order valence-electron chi connectivity index (χ3n) is 7.04. The second-order valence-corrected chi connectivity index (χ2v) is 12.2. The summed E-state index contributed by atoms with van der Waals surface area (Å²) in [6, 6.07) is 5.35. The number of halogens is 1. The fraction of sp³-hybridized carbons (Fsp3) is 0.667. The highest BCUT2D eigenvalue weighted by Gasteiger charge is 2.59. The molecule has 0 saturated heterocycles. The number of rotatable bonds is 4. The first-order valence-electron chi connectivity index (χ1n) is 9.57. The number of aryl methyl sites for hydroxylation is 1. The molecule has 1 aromatic rings. The van der Waals surface area contributed by atoms with Crippen molar-refractivity contribution in [3.05, 3.63) is 29.3 Å². The molecule has 4 N–H and O–H groups in total. The molecule has 4 rings (SSSR count). The van der Waals surface area contributed by atoms with Gasteiger partial charge >= 0.3 is 20.6 Å². The van der Waals surface area contributed by atoms with Crippen molar-refractivity contribution in [1.82, 2.24) is 0 Å². The van der Waals surface area contributed by atoms with E-state index >= 15 is 0 Å². The van der Waals surface area contributed by atoms with Gasteiger partial charge in [0.25, 0.3) is 0 Å². The van der Waals surface area contributed by atoms with Crippen LogP contribution in [0.2, 0.25) is 0 Å². The van der Waals surface area contributed by atoms with Crippen LogP contribution in [-0.2, 0) is 31.2 Å². The first-order valence-corrected chi connectivity index (χ1v) is 13.4. The van der Waals surface area contributed by atoms with Crippen LogP contribution in [0.5, 0.6) is 5.75 Å². The predicted octanol–water partition coefficient (Wildman–Crippen LogP) is 2.09. The second-order valence-electron chi connectivity index (χ2n) is 8.66. The van der Waals surface area contributed by atoms with Gasteiger partial charge in [0, 0.05) is 4.83 Å². The summed E-state index contributed by atoms with van der Waals surface area (Å²) < 4.78 is 55.7. The van der Waals surface area contributed by atoms with Crippen molar-refractivity contribution in [2.75, 3.05) is 0 Å². The molecule has 0 aromatic heterocycles. The second kappa shape index (κ2) is 7.16. The molecular formula is C18H25BrN2O6S2. The lowest BCUT2D eigenvalue weighted by molar-refractivity contribution is -0.00699. The van der Waals surface area contributed by atoms with Crippen LogP contribution in [0.15, 0.2) is 18.2 Å². The summed E-state index contributed by atoms with van der Waals surface area (Å²) in [5.74, 6) is 1.29. The van der Waals surface area contributed by atoms with Crippen molar-refractivity contribution in [1.29, 1.82) is 0 Å². The van der Waals surface area contributed by atoms with Gasteiger partial charge in [-0.1, -0.05) is 28.9 Å². The van der Waals surface area contributed by atoms with Gasteiger partial charge in [-0.15, -0.1) is 0 Å². The topological polar surface area (TPSA) is 139 Å². The van der Waals surface area contributed by atoms with E-state index < -0.39 is 26.7 Å². The molecule has 0 heterocycles. The average Bonchev–Trinajstić information content (AvgIpc) is 2.83. The molecule has 0 bridgehead atoms. The molecule has 6 atom stereocenters. The Morgan fingerprint density at radius 1 is 1.14 bits per heavy atom. The minimum Gasteiger partial charge on any atom is -0.371 e. The Labute approximate surface area is 180 Å². The van der Waals surface area contributed by atoms with Crippen LogP contribution in [0.3, 0.4) is 0 Å². The highest BCUT2D eigenvalue weighted by molar-refractivity contribution is 9.09. The van der Waals surface area contributed by atoms with E-state index in [9.17, 15) is 16.8 Å². The standard InChI is InChI=1S/C18H25BrN2O6S2/c1-18-7-6-13-12-5-3-11(26-28(20,22)23)8-10(12)2-4-14(13)15(18)9-16(19)17(18)27-29(21,24)25/h3,5,8,13-17H,2,4,6-7,9H2,1H3,(H2,20,22,23)(H2,21,24,25)/t13-,14-,15+,16-,17+,18+/m1/s1. The zero-order valence-corrected chi connectivity index (χ0v) is 19.2. The van der Waals surface area contributed by atoms with E-state index in [1.807, 2.05) is 6.07 Å². The number of fused-ring (bicyclic) bond motifs is 5. The van der Waals surface area contributed by atoms with Crippen LogP contribution in [0.1, 0.15) is 49.7 Å². The molecule has 0 spiro atoms. The number of alkyl halides is 1. The molecule has 0 unspecified atom stereocenters. The molecule has 2 saturated carbocycles. The normalized spacial score (nSPS) is 36.8. The van der Waals surface area contributed by atoms with Crippen LogP contribution >= 0.6 is 15.9 Å². The van der Waals surface area contributed by atoms with Crippen molar-refractivity contribution in [3.8, 4) is 5.75 Å². The highest BCUT2D eigenvalue weighted by Crippen LogP contribution is 2.62. The fourth-order valence-electron chi connectivity index (χ4n) is 5.98. The molecule has 0 amide bonds. The summed E-state index contributed by atoms with van der Waals surface area (Å²) in [5, 5.41) is 10.2. The van der Waals surface area contributed by atoms with E-state index in [4.69, 9.17) is 18.6 Å². The van der Waals surface area contributed by atoms with Gasteiger partial charge < -0.3 is 4.18 Å². The van der Waals surface area contributed by atoms with Gasteiger partial charge in [0.2, 0.25) is 0 Å². The lowest BCUT2D eigenvalue weighted by atomic mass is 9.55. The molecule has 3 aliphatic rings. The van der Waals surface area contributed by atoms with Gasteiger partial charge in [-0.05, 0) is 78.5 Å². The fourth-order valence-corrected chi connectivity index (χ4v) is 8.26. The van der Waals surface area contributed by atoms with E-state index in [-0.39, 0.29) is 16.0 Å². The minimum absolute atomic E-state index is 0.0680. The number of hydrogen-bond acceptors (Lipinski definition) is 6. The summed E-state index contributed by atoms with van der Waals surface area (Å²) in [5.41, 5.74) is 2.03. The van der Waals surface area contributed by atoms with Gasteiger partial charge in [0.1, 0.15) is 5.75 Å². The summed E-state index contributed by atoms with van der Waals surface area (Å²) in [7, 11) is -8.08. The average molecular weight is 509 g/mol. The van der Waals surface area contributed by atoms with Gasteiger partial charge in [0.05, 0.1) is 6.10 Å². The predicted molar refractivity (Wildman–Crippen MR) is 111 cm³/mol. The third kappa shape index (κ3) is 4.09. The van der Waals surface area contributed by atoms with Crippen molar-refractivity contribution in [2.45, 2.75) is 55.9 Å². The molecule has 1 aromatic carbocycles. The Bertz CT molecular complexity index is 1030. The highest BCUT2D eigenvalue weighted by atomic mass is 79.9. The van der Waals surface area contributed by atoms with Crippen molar-refractivity contribution in [3.63, 3.8) is 0 Å². The molecule has 11 heteroatoms. The smallest absolute Gasteiger partial charge is 0.371 e. The zero-order valence-electron chi connectivity index (χ0n) is 16.0. The summed E-state index contributed by atoms with van der Waals surface area (Å²) >= 11 is 3.64. The maximum Gasteiger partial charge on any atom is 0.380 e.